The lowest BCUT2D eigenvalue weighted by Crippen LogP contribution is -2.18. The molecule has 6 aromatic rings. The number of fused-ring (bicyclic) bond motifs is 2. The predicted octanol–water partition coefficient (Wildman–Crippen LogP) is 6.53. The minimum Gasteiger partial charge on any atom is -0.368 e. The van der Waals surface area contributed by atoms with Crippen molar-refractivity contribution in [1.82, 2.24) is 19.8 Å². The monoisotopic (exact) mass is 908 g/mol. The van der Waals surface area contributed by atoms with Crippen molar-refractivity contribution < 1.29 is 26.4 Å². The van der Waals surface area contributed by atoms with E-state index in [1.54, 1.807) is 63.6 Å². The van der Waals surface area contributed by atoms with E-state index >= 15 is 0 Å². The summed E-state index contributed by atoms with van der Waals surface area (Å²) >= 11 is 19.1. The molecule has 3 N–H and O–H groups in total. The molecular weight excluding hydrogens is 875 g/mol. The van der Waals surface area contributed by atoms with Crippen molar-refractivity contribution in [2.75, 3.05) is 31.8 Å². The van der Waals surface area contributed by atoms with Gasteiger partial charge in [0.25, 0.3) is 25.6 Å². The van der Waals surface area contributed by atoms with E-state index in [4.69, 9.17) is 34.8 Å². The molecule has 20 heteroatoms. The fourth-order valence-electron chi connectivity index (χ4n) is 6.05. The molecule has 6 rings (SSSR count). The summed E-state index contributed by atoms with van der Waals surface area (Å²) in [5, 5.41) is 6.75. The third-order valence-corrected chi connectivity index (χ3v) is 12.3. The molecule has 310 valence electrons. The van der Waals surface area contributed by atoms with Gasteiger partial charge in [0.05, 0.1) is 28.0 Å². The average molecular weight is 910 g/mol. The smallest absolute Gasteiger partial charge is 0.284 e. The first kappa shape index (κ1) is 43.7. The van der Waals surface area contributed by atoms with Crippen LogP contribution in [0.3, 0.4) is 0 Å². The zero-order valence-electron chi connectivity index (χ0n) is 32.0. The van der Waals surface area contributed by atoms with E-state index in [2.05, 4.69) is 29.4 Å². The van der Waals surface area contributed by atoms with Gasteiger partial charge < -0.3 is 25.4 Å². The van der Waals surface area contributed by atoms with Crippen molar-refractivity contribution >= 4 is 112 Å². The van der Waals surface area contributed by atoms with Crippen LogP contribution in [0.25, 0.3) is 21.5 Å². The van der Waals surface area contributed by atoms with E-state index in [0.29, 0.717) is 21.7 Å². The molecule has 0 aliphatic carbocycles. The Morgan fingerprint density at radius 3 is 1.95 bits per heavy atom. The molecule has 4 aromatic carbocycles. The Bertz CT molecular complexity index is 3010. The molecule has 0 spiro atoms. The number of pyridine rings is 2. The number of sulfonamides is 2. The highest BCUT2D eigenvalue weighted by molar-refractivity contribution is 7.90. The second kappa shape index (κ2) is 18.2. The first-order valence-corrected chi connectivity index (χ1v) is 21.7. The highest BCUT2D eigenvalue weighted by atomic mass is 35.5. The van der Waals surface area contributed by atoms with Crippen LogP contribution in [0, 0.1) is 0 Å². The number of aromatic nitrogens is 2. The van der Waals surface area contributed by atoms with Crippen molar-refractivity contribution in [3.63, 3.8) is 0 Å². The van der Waals surface area contributed by atoms with E-state index in [0.717, 1.165) is 12.7 Å². The van der Waals surface area contributed by atoms with Crippen LogP contribution < -0.4 is 16.2 Å². The van der Waals surface area contributed by atoms with Gasteiger partial charge in [0, 0.05) is 77.7 Å². The molecule has 0 aliphatic rings. The Hall–Kier alpha value is -5.85. The third kappa shape index (κ3) is 10.5. The van der Waals surface area contributed by atoms with Gasteiger partial charge in [-0.15, -0.1) is 8.80 Å². The molecule has 15 nitrogen and oxygen atoms in total. The van der Waals surface area contributed by atoms with Crippen LogP contribution in [0.4, 0.5) is 11.4 Å². The molecule has 0 saturated heterocycles. The lowest BCUT2D eigenvalue weighted by molar-refractivity contribution is -0.116. The van der Waals surface area contributed by atoms with Gasteiger partial charge in [-0.3, -0.25) is 14.4 Å². The van der Waals surface area contributed by atoms with Crippen molar-refractivity contribution in [3.8, 4) is 0 Å². The number of hydrogen-bond donors (Lipinski definition) is 3. The number of nitrogens with one attached hydrogen (secondary N) is 3. The summed E-state index contributed by atoms with van der Waals surface area (Å²) in [6, 6.07) is 20.1. The minimum atomic E-state index is -4.39. The van der Waals surface area contributed by atoms with E-state index in [1.165, 1.54) is 58.6 Å². The number of H-pyrrole nitrogens is 1. The SMILES string of the molecule is CN(C)C=NS(=O)(=O)c1cc(NC(=O)Cc2cc(CN(C)C=NS(=O)(=O)c3cc(NC(=O)Cc4ccccc4Cl)cc4c(Cl)nccc34)ccc2Cl)cc2c(=O)[nH]ccc12. The number of amides is 2. The Morgan fingerprint density at radius 2 is 1.30 bits per heavy atom. The fourth-order valence-corrected chi connectivity index (χ4v) is 8.94. The molecular formula is C40H35Cl3N8O7S2. The highest BCUT2D eigenvalue weighted by Crippen LogP contribution is 2.33. The maximum Gasteiger partial charge on any atom is 0.284 e. The summed E-state index contributed by atoms with van der Waals surface area (Å²) in [7, 11) is -3.86. The first-order valence-electron chi connectivity index (χ1n) is 17.7. The fraction of sp³-hybridized carbons (Fsp3) is 0.150. The largest absolute Gasteiger partial charge is 0.368 e. The Morgan fingerprint density at radius 1 is 0.717 bits per heavy atom. The summed E-state index contributed by atoms with van der Waals surface area (Å²) in [4.78, 5) is 48.0. The Labute approximate surface area is 359 Å². The van der Waals surface area contributed by atoms with Gasteiger partial charge in [-0.25, -0.2) is 4.98 Å². The lowest BCUT2D eigenvalue weighted by atomic mass is 10.1. The standard InChI is InChI=1S/C40H35Cl3N8O7S2/c1-50(2)22-46-59(55,56)36-20-28(18-32-30(36)11-13-45-40(32)54)49-38(53)16-26-14-24(8-9-34(26)42)21-51(3)23-47-60(57,58)35-19-27(17-31-29(35)10-12-44-39(31)43)48-37(52)15-25-6-4-5-7-33(25)41/h4-14,17-20,22-23H,15-16,21H2,1-3H3,(H,45,54)(H,48,52)(H,49,53). The molecule has 0 fully saturated rings. The topological polar surface area (TPSA) is 203 Å². The van der Waals surface area contributed by atoms with Gasteiger partial charge in [0.2, 0.25) is 11.8 Å². The number of rotatable bonds is 14. The maximum atomic E-state index is 13.7. The van der Waals surface area contributed by atoms with Gasteiger partial charge in [-0.05, 0) is 65.2 Å². The van der Waals surface area contributed by atoms with Crippen LogP contribution in [0.5, 0.6) is 0 Å². The summed E-state index contributed by atoms with van der Waals surface area (Å²) in [5.41, 5.74) is 1.28. The van der Waals surface area contributed by atoms with Gasteiger partial charge in [-0.2, -0.15) is 16.8 Å². The zero-order chi connectivity index (χ0) is 43.4. The number of hydrogen-bond acceptors (Lipinski definition) is 8. The number of aromatic amines is 1. The molecule has 2 aromatic heterocycles. The van der Waals surface area contributed by atoms with Crippen molar-refractivity contribution in [2.24, 2.45) is 8.80 Å². The van der Waals surface area contributed by atoms with Crippen molar-refractivity contribution in [2.45, 2.75) is 29.2 Å². The van der Waals surface area contributed by atoms with Crippen molar-refractivity contribution in [1.29, 1.82) is 0 Å². The molecule has 60 heavy (non-hydrogen) atoms. The molecule has 0 atom stereocenters. The van der Waals surface area contributed by atoms with E-state index in [1.807, 2.05) is 0 Å². The quantitative estimate of drug-likeness (QED) is 0.0613. The molecule has 0 bridgehead atoms. The third-order valence-electron chi connectivity index (χ3n) is 8.77. The summed E-state index contributed by atoms with van der Waals surface area (Å²) in [5.74, 6) is -1.00. The van der Waals surface area contributed by atoms with E-state index in [9.17, 15) is 31.2 Å². The van der Waals surface area contributed by atoms with E-state index < -0.39 is 37.4 Å². The Kier molecular flexibility index (Phi) is 13.3. The second-order valence-corrected chi connectivity index (χ2v) is 18.0. The predicted molar refractivity (Wildman–Crippen MR) is 235 cm³/mol. The molecule has 0 unspecified atom stereocenters. The molecule has 0 saturated carbocycles. The number of carbonyl (C=O) groups excluding carboxylic acids is 2. The van der Waals surface area contributed by atoms with Crippen molar-refractivity contribution in [3.05, 3.63) is 133 Å². The minimum absolute atomic E-state index is 0.0232. The van der Waals surface area contributed by atoms with Crippen LogP contribution in [-0.4, -0.2) is 82.2 Å². The molecule has 0 radical (unpaired) electrons. The number of nitrogens with zero attached hydrogens (tertiary/aromatic N) is 5. The van der Waals surface area contributed by atoms with Crippen LogP contribution in [0.1, 0.15) is 16.7 Å². The second-order valence-electron chi connectivity index (χ2n) is 13.7. The zero-order valence-corrected chi connectivity index (χ0v) is 35.9. The maximum absolute atomic E-state index is 13.7. The van der Waals surface area contributed by atoms with Crippen LogP contribution in [0.15, 0.2) is 115 Å². The molecule has 2 heterocycles. The van der Waals surface area contributed by atoms with Gasteiger partial charge in [0.15, 0.2) is 0 Å². The molecule has 0 aliphatic heterocycles. The number of halogens is 3. The van der Waals surface area contributed by atoms with Crippen LogP contribution in [0.2, 0.25) is 15.2 Å². The van der Waals surface area contributed by atoms with Gasteiger partial charge in [0.1, 0.15) is 17.8 Å². The average Bonchev–Trinajstić information content (AvgIpc) is 3.18. The summed E-state index contributed by atoms with van der Waals surface area (Å²) in [6.07, 6.45) is 4.62. The lowest BCUT2D eigenvalue weighted by Gasteiger charge is -2.15. The van der Waals surface area contributed by atoms with Gasteiger partial charge >= 0.3 is 0 Å². The Balaban J connectivity index is 1.19. The summed E-state index contributed by atoms with van der Waals surface area (Å²) < 4.78 is 61.4. The normalized spacial score (nSPS) is 12.0. The highest BCUT2D eigenvalue weighted by Gasteiger charge is 2.22. The van der Waals surface area contributed by atoms with Crippen LogP contribution >= 0.6 is 34.8 Å². The first-order chi connectivity index (χ1) is 28.4. The van der Waals surface area contributed by atoms with Crippen LogP contribution in [-0.2, 0) is 49.0 Å². The van der Waals surface area contributed by atoms with Gasteiger partial charge in [-0.1, -0.05) is 65.1 Å². The molecule has 2 amide bonds. The summed E-state index contributed by atoms with van der Waals surface area (Å²) in [6.45, 7) is 0.140. The number of carbonyl (C=O) groups is 2. The van der Waals surface area contributed by atoms with E-state index in [-0.39, 0.29) is 72.3 Å². The number of benzene rings is 4. The number of anilines is 2.